The molecule has 0 aliphatic rings. The van der Waals surface area contributed by atoms with Crippen LogP contribution in [0.2, 0.25) is 0 Å². The second kappa shape index (κ2) is 6.50. The van der Waals surface area contributed by atoms with Gasteiger partial charge in [-0.1, -0.05) is 6.92 Å². The SMILES string of the molecule is CCC(CSC)N(C)C(=O)c1cc2cc(N)ccc2s1. The summed E-state index contributed by atoms with van der Waals surface area (Å²) < 4.78 is 1.11. The van der Waals surface area contributed by atoms with E-state index in [1.54, 1.807) is 11.8 Å². The van der Waals surface area contributed by atoms with Crippen molar-refractivity contribution in [3.8, 4) is 0 Å². The second-order valence-corrected chi connectivity index (χ2v) is 6.84. The Labute approximate surface area is 128 Å². The molecular formula is C15H20N2OS2. The first kappa shape index (κ1) is 15.2. The van der Waals surface area contributed by atoms with Crippen LogP contribution in [-0.2, 0) is 0 Å². The van der Waals surface area contributed by atoms with Crippen molar-refractivity contribution in [2.24, 2.45) is 0 Å². The molecule has 3 nitrogen and oxygen atoms in total. The van der Waals surface area contributed by atoms with Gasteiger partial charge < -0.3 is 10.6 Å². The predicted octanol–water partition coefficient (Wildman–Crippen LogP) is 3.70. The largest absolute Gasteiger partial charge is 0.399 e. The minimum Gasteiger partial charge on any atom is -0.399 e. The second-order valence-electron chi connectivity index (χ2n) is 4.84. The van der Waals surface area contributed by atoms with Gasteiger partial charge in [0.15, 0.2) is 0 Å². The van der Waals surface area contributed by atoms with Crippen LogP contribution in [0.5, 0.6) is 0 Å². The number of rotatable bonds is 5. The van der Waals surface area contributed by atoms with E-state index in [1.165, 1.54) is 11.3 Å². The first-order chi connectivity index (χ1) is 9.56. The molecule has 2 rings (SSSR count). The van der Waals surface area contributed by atoms with Crippen LogP contribution in [0.1, 0.15) is 23.0 Å². The molecule has 1 aromatic carbocycles. The zero-order valence-electron chi connectivity index (χ0n) is 12.1. The van der Waals surface area contributed by atoms with Gasteiger partial charge in [-0.2, -0.15) is 11.8 Å². The lowest BCUT2D eigenvalue weighted by Crippen LogP contribution is -2.37. The smallest absolute Gasteiger partial charge is 0.263 e. The Morgan fingerprint density at radius 1 is 1.45 bits per heavy atom. The van der Waals surface area contributed by atoms with E-state index in [0.29, 0.717) is 0 Å². The summed E-state index contributed by atoms with van der Waals surface area (Å²) in [6.07, 6.45) is 3.05. The lowest BCUT2D eigenvalue weighted by atomic mass is 10.2. The van der Waals surface area contributed by atoms with Crippen molar-refractivity contribution in [3.05, 3.63) is 29.1 Å². The van der Waals surface area contributed by atoms with E-state index >= 15 is 0 Å². The van der Waals surface area contributed by atoms with E-state index in [9.17, 15) is 4.79 Å². The maximum atomic E-state index is 12.6. The van der Waals surface area contributed by atoms with Gasteiger partial charge in [0.05, 0.1) is 4.88 Å². The summed E-state index contributed by atoms with van der Waals surface area (Å²) >= 11 is 3.31. The third-order valence-electron chi connectivity index (χ3n) is 3.45. The van der Waals surface area contributed by atoms with Crippen LogP contribution in [0.25, 0.3) is 10.1 Å². The molecule has 2 N–H and O–H groups in total. The number of amides is 1. The van der Waals surface area contributed by atoms with Crippen LogP contribution in [0.15, 0.2) is 24.3 Å². The van der Waals surface area contributed by atoms with Crippen molar-refractivity contribution < 1.29 is 4.79 Å². The van der Waals surface area contributed by atoms with Gasteiger partial charge in [-0.15, -0.1) is 11.3 Å². The van der Waals surface area contributed by atoms with E-state index in [0.717, 1.165) is 32.8 Å². The zero-order valence-corrected chi connectivity index (χ0v) is 13.7. The third kappa shape index (κ3) is 3.10. The standard InChI is InChI=1S/C15H20N2OS2/c1-4-12(9-19-3)17(2)15(18)14-8-10-7-11(16)5-6-13(10)20-14/h5-8,12H,4,9,16H2,1-3H3. The van der Waals surface area contributed by atoms with E-state index < -0.39 is 0 Å². The van der Waals surface area contributed by atoms with Crippen molar-refractivity contribution >= 4 is 44.8 Å². The molecule has 5 heteroatoms. The lowest BCUT2D eigenvalue weighted by Gasteiger charge is -2.26. The van der Waals surface area contributed by atoms with E-state index in [1.807, 2.05) is 36.2 Å². The molecule has 0 saturated carbocycles. The Bertz CT molecular complexity index is 609. The first-order valence-corrected chi connectivity index (χ1v) is 8.83. The van der Waals surface area contributed by atoms with Gasteiger partial charge >= 0.3 is 0 Å². The molecule has 0 radical (unpaired) electrons. The molecule has 1 aromatic heterocycles. The van der Waals surface area contributed by atoms with Gasteiger partial charge in [-0.25, -0.2) is 0 Å². The highest BCUT2D eigenvalue weighted by Gasteiger charge is 2.21. The average Bonchev–Trinajstić information content (AvgIpc) is 2.86. The van der Waals surface area contributed by atoms with Crippen LogP contribution in [0.3, 0.4) is 0 Å². The van der Waals surface area contributed by atoms with Gasteiger partial charge in [0.25, 0.3) is 5.91 Å². The van der Waals surface area contributed by atoms with E-state index in [4.69, 9.17) is 5.73 Å². The molecule has 20 heavy (non-hydrogen) atoms. The maximum absolute atomic E-state index is 12.6. The van der Waals surface area contributed by atoms with Crippen LogP contribution in [0, 0.1) is 0 Å². The summed E-state index contributed by atoms with van der Waals surface area (Å²) in [6.45, 7) is 2.12. The monoisotopic (exact) mass is 308 g/mol. The molecule has 108 valence electrons. The average molecular weight is 308 g/mol. The van der Waals surface area contributed by atoms with Gasteiger partial charge in [-0.05, 0) is 42.3 Å². The number of benzene rings is 1. The predicted molar refractivity (Wildman–Crippen MR) is 90.8 cm³/mol. The van der Waals surface area contributed by atoms with Crippen molar-refractivity contribution in [1.82, 2.24) is 4.90 Å². The molecule has 0 aliphatic carbocycles. The molecular weight excluding hydrogens is 288 g/mol. The van der Waals surface area contributed by atoms with Crippen LogP contribution in [-0.4, -0.2) is 35.9 Å². The summed E-state index contributed by atoms with van der Waals surface area (Å²) in [5, 5.41) is 1.05. The Balaban J connectivity index is 2.26. The topological polar surface area (TPSA) is 46.3 Å². The number of thiophene rings is 1. The Hall–Kier alpha value is -1.20. The number of hydrogen-bond acceptors (Lipinski definition) is 4. The van der Waals surface area contributed by atoms with Crippen molar-refractivity contribution in [2.75, 3.05) is 24.8 Å². The molecule has 0 fully saturated rings. The highest BCUT2D eigenvalue weighted by Crippen LogP contribution is 2.28. The highest BCUT2D eigenvalue weighted by molar-refractivity contribution is 7.98. The quantitative estimate of drug-likeness (QED) is 0.857. The summed E-state index contributed by atoms with van der Waals surface area (Å²) in [7, 11) is 1.89. The number of nitrogens with zero attached hydrogens (tertiary/aromatic N) is 1. The van der Waals surface area contributed by atoms with Crippen molar-refractivity contribution in [1.29, 1.82) is 0 Å². The van der Waals surface area contributed by atoms with Crippen LogP contribution >= 0.6 is 23.1 Å². The van der Waals surface area contributed by atoms with Crippen molar-refractivity contribution in [3.63, 3.8) is 0 Å². The third-order valence-corrected chi connectivity index (χ3v) is 5.27. The van der Waals surface area contributed by atoms with Crippen LogP contribution in [0.4, 0.5) is 5.69 Å². The molecule has 0 bridgehead atoms. The number of nitrogen functional groups attached to an aromatic ring is 1. The number of anilines is 1. The van der Waals surface area contributed by atoms with Crippen molar-refractivity contribution in [2.45, 2.75) is 19.4 Å². The molecule has 0 saturated heterocycles. The van der Waals surface area contributed by atoms with Gasteiger partial charge in [0, 0.05) is 29.2 Å². The van der Waals surface area contributed by atoms with Crippen LogP contribution < -0.4 is 5.73 Å². The highest BCUT2D eigenvalue weighted by atomic mass is 32.2. The first-order valence-electron chi connectivity index (χ1n) is 6.62. The minimum absolute atomic E-state index is 0.102. The van der Waals surface area contributed by atoms with Gasteiger partial charge in [0.2, 0.25) is 0 Å². The normalized spacial score (nSPS) is 12.6. The number of hydrogen-bond donors (Lipinski definition) is 1. The molecule has 1 unspecified atom stereocenters. The Morgan fingerprint density at radius 3 is 2.85 bits per heavy atom. The summed E-state index contributed by atoms with van der Waals surface area (Å²) in [4.78, 5) is 15.2. The molecule has 1 atom stereocenters. The maximum Gasteiger partial charge on any atom is 0.263 e. The summed E-state index contributed by atoms with van der Waals surface area (Å²) in [6, 6.07) is 8.00. The molecule has 1 heterocycles. The Kier molecular flexibility index (Phi) is 4.94. The van der Waals surface area contributed by atoms with E-state index in [-0.39, 0.29) is 11.9 Å². The molecule has 1 amide bonds. The molecule has 0 spiro atoms. The van der Waals surface area contributed by atoms with Gasteiger partial charge in [-0.3, -0.25) is 4.79 Å². The number of carbonyl (C=O) groups excluding carboxylic acids is 1. The number of fused-ring (bicyclic) bond motifs is 1. The number of carbonyl (C=O) groups is 1. The molecule has 0 aliphatic heterocycles. The fourth-order valence-electron chi connectivity index (χ4n) is 2.20. The number of nitrogens with two attached hydrogens (primary N) is 1. The minimum atomic E-state index is 0.102. The summed E-state index contributed by atoms with van der Waals surface area (Å²) in [5.41, 5.74) is 6.52. The zero-order chi connectivity index (χ0) is 14.7. The summed E-state index contributed by atoms with van der Waals surface area (Å²) in [5.74, 6) is 1.07. The molecule has 2 aromatic rings. The fraction of sp³-hybridized carbons (Fsp3) is 0.400. The van der Waals surface area contributed by atoms with Gasteiger partial charge in [0.1, 0.15) is 0 Å². The Morgan fingerprint density at radius 2 is 2.20 bits per heavy atom. The number of thioether (sulfide) groups is 1. The fourth-order valence-corrected chi connectivity index (χ4v) is 4.07. The lowest BCUT2D eigenvalue weighted by molar-refractivity contribution is 0.0748. The van der Waals surface area contributed by atoms with E-state index in [2.05, 4.69) is 13.2 Å².